The number of benzene rings is 1. The van der Waals surface area contributed by atoms with Crippen LogP contribution in [0.3, 0.4) is 0 Å². The van der Waals surface area contributed by atoms with Gasteiger partial charge in [0.15, 0.2) is 0 Å². The first-order valence-electron chi connectivity index (χ1n) is 6.50. The van der Waals surface area contributed by atoms with Crippen LogP contribution in [0.25, 0.3) is 0 Å². The predicted octanol–water partition coefficient (Wildman–Crippen LogP) is 5.02. The Bertz CT molecular complexity index is 727. The minimum atomic E-state index is 0.575. The molecule has 0 saturated carbocycles. The zero-order chi connectivity index (χ0) is 15.4. The normalized spacial score (nSPS) is 10.8. The maximum atomic E-state index is 9.29. The van der Waals surface area contributed by atoms with Gasteiger partial charge in [0.1, 0.15) is 16.8 Å². The van der Waals surface area contributed by atoms with Gasteiger partial charge in [-0.05, 0) is 44.7 Å². The van der Waals surface area contributed by atoms with Crippen LogP contribution >= 0.6 is 11.8 Å². The third-order valence-corrected chi connectivity index (χ3v) is 3.84. The summed E-state index contributed by atoms with van der Waals surface area (Å²) in [6, 6.07) is 10.0. The lowest BCUT2D eigenvalue weighted by Crippen LogP contribution is -1.95. The summed E-state index contributed by atoms with van der Waals surface area (Å²) in [5, 5.41) is 18.6. The van der Waals surface area contributed by atoms with Crippen LogP contribution in [0.1, 0.15) is 22.4 Å². The first-order valence-corrected chi connectivity index (χ1v) is 7.73. The summed E-state index contributed by atoms with van der Waals surface area (Å²) in [4.78, 5) is 4.44. The zero-order valence-corrected chi connectivity index (χ0v) is 13.3. The van der Waals surface area contributed by atoms with Crippen molar-refractivity contribution in [1.29, 1.82) is 5.26 Å². The lowest BCUT2D eigenvalue weighted by molar-refractivity contribution is 1.01. The number of azo groups is 1. The maximum absolute atomic E-state index is 9.29. The number of nitrogens with zero attached hydrogens (tertiary/aromatic N) is 4. The van der Waals surface area contributed by atoms with Gasteiger partial charge in [0.05, 0.1) is 16.9 Å². The quantitative estimate of drug-likeness (QED) is 0.590. The van der Waals surface area contributed by atoms with Crippen LogP contribution in [0, 0.1) is 32.1 Å². The molecule has 0 saturated heterocycles. The Labute approximate surface area is 128 Å². The van der Waals surface area contributed by atoms with Gasteiger partial charge in [-0.25, -0.2) is 4.98 Å². The highest BCUT2D eigenvalue weighted by atomic mass is 32.2. The molecule has 4 nitrogen and oxygen atoms in total. The van der Waals surface area contributed by atoms with Crippen molar-refractivity contribution < 1.29 is 0 Å². The molecule has 2 aromatic rings. The van der Waals surface area contributed by atoms with Gasteiger partial charge in [-0.3, -0.25) is 0 Å². The van der Waals surface area contributed by atoms with E-state index in [-0.39, 0.29) is 0 Å². The van der Waals surface area contributed by atoms with Crippen LogP contribution in [0.15, 0.2) is 39.5 Å². The summed E-state index contributed by atoms with van der Waals surface area (Å²) < 4.78 is 0. The Hall–Kier alpha value is -2.19. The van der Waals surface area contributed by atoms with Gasteiger partial charge in [0.25, 0.3) is 0 Å². The average Bonchev–Trinajstić information content (AvgIpc) is 2.48. The van der Waals surface area contributed by atoms with Gasteiger partial charge in [-0.15, -0.1) is 16.9 Å². The number of rotatable bonds is 3. The van der Waals surface area contributed by atoms with Crippen LogP contribution in [0.5, 0.6) is 0 Å². The van der Waals surface area contributed by atoms with Crippen LogP contribution in [0.4, 0.5) is 11.4 Å². The number of pyridine rings is 1. The molecule has 21 heavy (non-hydrogen) atoms. The summed E-state index contributed by atoms with van der Waals surface area (Å²) >= 11 is 1.47. The monoisotopic (exact) mass is 296 g/mol. The Kier molecular flexibility index (Phi) is 4.71. The summed E-state index contributed by atoms with van der Waals surface area (Å²) in [6.07, 6.45) is 1.91. The molecule has 0 N–H and O–H groups in total. The summed E-state index contributed by atoms with van der Waals surface area (Å²) in [5.41, 5.74) is 4.82. The zero-order valence-electron chi connectivity index (χ0n) is 12.5. The number of thioether (sulfide) groups is 1. The van der Waals surface area contributed by atoms with Crippen molar-refractivity contribution in [3.63, 3.8) is 0 Å². The molecule has 106 valence electrons. The molecule has 1 aromatic heterocycles. The number of hydrogen-bond acceptors (Lipinski definition) is 5. The fraction of sp³-hybridized carbons (Fsp3) is 0.250. The van der Waals surface area contributed by atoms with E-state index in [1.807, 2.05) is 51.3 Å². The second kappa shape index (κ2) is 6.51. The van der Waals surface area contributed by atoms with E-state index in [0.29, 0.717) is 11.3 Å². The summed E-state index contributed by atoms with van der Waals surface area (Å²) in [7, 11) is 0. The number of nitriles is 1. The molecule has 0 bridgehead atoms. The Morgan fingerprint density at radius 3 is 2.33 bits per heavy atom. The van der Waals surface area contributed by atoms with E-state index in [9.17, 15) is 5.26 Å². The summed E-state index contributed by atoms with van der Waals surface area (Å²) in [5.74, 6) is 0. The largest absolute Gasteiger partial charge is 0.243 e. The SMILES string of the molecule is CSc1nc(C)c(N=Nc2ccc(C)cc2)c(C)c1C#N. The molecule has 0 radical (unpaired) electrons. The fourth-order valence-electron chi connectivity index (χ4n) is 1.96. The van der Waals surface area contributed by atoms with Crippen LogP contribution in [-0.4, -0.2) is 11.2 Å². The van der Waals surface area contributed by atoms with Crippen LogP contribution < -0.4 is 0 Å². The molecular weight excluding hydrogens is 280 g/mol. The van der Waals surface area contributed by atoms with Crippen molar-refractivity contribution in [1.82, 2.24) is 4.98 Å². The number of aromatic nitrogens is 1. The van der Waals surface area contributed by atoms with Gasteiger partial charge < -0.3 is 0 Å². The van der Waals surface area contributed by atoms with E-state index in [2.05, 4.69) is 21.3 Å². The first kappa shape index (κ1) is 15.2. The minimum Gasteiger partial charge on any atom is -0.243 e. The van der Waals surface area contributed by atoms with Gasteiger partial charge in [-0.2, -0.15) is 10.4 Å². The first-order chi connectivity index (χ1) is 10.1. The van der Waals surface area contributed by atoms with E-state index in [4.69, 9.17) is 0 Å². The van der Waals surface area contributed by atoms with Gasteiger partial charge in [-0.1, -0.05) is 17.7 Å². The molecule has 0 amide bonds. The molecule has 0 aliphatic carbocycles. The molecule has 0 fully saturated rings. The van der Waals surface area contributed by atoms with E-state index in [1.54, 1.807) is 0 Å². The number of aryl methyl sites for hydroxylation is 2. The topological polar surface area (TPSA) is 61.4 Å². The third kappa shape index (κ3) is 3.29. The Morgan fingerprint density at radius 1 is 1.10 bits per heavy atom. The standard InChI is InChI=1S/C16H16N4S/c1-10-5-7-13(8-6-10)19-20-15-11(2)14(9-17)16(21-4)18-12(15)3/h5-8H,1-4H3. The highest BCUT2D eigenvalue weighted by molar-refractivity contribution is 7.98. The molecule has 0 atom stereocenters. The van der Waals surface area contributed by atoms with Crippen molar-refractivity contribution in [3.8, 4) is 6.07 Å². The molecule has 5 heteroatoms. The second-order valence-electron chi connectivity index (χ2n) is 4.70. The molecule has 1 heterocycles. The molecule has 0 aliphatic heterocycles. The smallest absolute Gasteiger partial charge is 0.114 e. The molecule has 1 aromatic carbocycles. The average molecular weight is 296 g/mol. The van der Waals surface area contributed by atoms with Gasteiger partial charge in [0.2, 0.25) is 0 Å². The van der Waals surface area contributed by atoms with Crippen molar-refractivity contribution in [3.05, 3.63) is 46.6 Å². The van der Waals surface area contributed by atoms with E-state index >= 15 is 0 Å². The molecule has 0 unspecified atom stereocenters. The van der Waals surface area contributed by atoms with Crippen LogP contribution in [0.2, 0.25) is 0 Å². The predicted molar refractivity (Wildman–Crippen MR) is 85.6 cm³/mol. The van der Waals surface area contributed by atoms with Crippen molar-refractivity contribution in [2.45, 2.75) is 25.8 Å². The van der Waals surface area contributed by atoms with Gasteiger partial charge in [0, 0.05) is 0 Å². The van der Waals surface area contributed by atoms with Gasteiger partial charge >= 0.3 is 0 Å². The molecule has 0 aliphatic rings. The lowest BCUT2D eigenvalue weighted by atomic mass is 10.1. The maximum Gasteiger partial charge on any atom is 0.114 e. The summed E-state index contributed by atoms with van der Waals surface area (Å²) in [6.45, 7) is 5.80. The molecule has 0 spiro atoms. The highest BCUT2D eigenvalue weighted by Gasteiger charge is 2.14. The second-order valence-corrected chi connectivity index (χ2v) is 5.50. The molecular formula is C16H16N4S. The molecule has 2 rings (SSSR count). The Morgan fingerprint density at radius 2 is 1.76 bits per heavy atom. The van der Waals surface area contributed by atoms with Crippen molar-refractivity contribution in [2.75, 3.05) is 6.26 Å². The van der Waals surface area contributed by atoms with E-state index in [0.717, 1.165) is 22.0 Å². The lowest BCUT2D eigenvalue weighted by Gasteiger charge is -2.08. The third-order valence-electron chi connectivity index (χ3n) is 3.16. The Balaban J connectivity index is 2.45. The van der Waals surface area contributed by atoms with Crippen LogP contribution in [-0.2, 0) is 0 Å². The van der Waals surface area contributed by atoms with E-state index in [1.165, 1.54) is 17.3 Å². The van der Waals surface area contributed by atoms with Crippen molar-refractivity contribution >= 4 is 23.1 Å². The fourth-order valence-corrected chi connectivity index (χ4v) is 2.59. The van der Waals surface area contributed by atoms with E-state index < -0.39 is 0 Å². The minimum absolute atomic E-state index is 0.575. The van der Waals surface area contributed by atoms with Crippen molar-refractivity contribution in [2.24, 2.45) is 10.2 Å². The number of hydrogen-bond donors (Lipinski definition) is 0. The highest BCUT2D eigenvalue weighted by Crippen LogP contribution is 2.31.